The molecule has 2 spiro atoms. The lowest BCUT2D eigenvalue weighted by atomic mass is 9.66. The number of hydrogen-bond acceptors (Lipinski definition) is 6. The second kappa shape index (κ2) is 10.2. The number of aliphatic hydroxyl groups excluding tert-OH is 1. The lowest BCUT2D eigenvalue weighted by Crippen LogP contribution is -2.42. The lowest BCUT2D eigenvalue weighted by molar-refractivity contribution is -0.0412. The van der Waals surface area contributed by atoms with Crippen molar-refractivity contribution in [2.75, 3.05) is 41.6 Å². The van der Waals surface area contributed by atoms with Crippen LogP contribution in [-0.4, -0.2) is 70.1 Å². The Balaban J connectivity index is 1.31. The highest BCUT2D eigenvalue weighted by molar-refractivity contribution is 7.92. The van der Waals surface area contributed by atoms with Crippen molar-refractivity contribution >= 4 is 37.3 Å². The molecule has 13 heteroatoms. The molecular weight excluding hydrogens is 588 g/mol. The van der Waals surface area contributed by atoms with E-state index in [1.807, 2.05) is 0 Å². The minimum Gasteiger partial charge on any atom is -0.395 e. The first-order valence-electron chi connectivity index (χ1n) is 14.3. The first kappa shape index (κ1) is 29.5. The second-order valence-corrected chi connectivity index (χ2v) is 16.1. The zero-order valence-corrected chi connectivity index (χ0v) is 24.8. The Labute approximate surface area is 245 Å². The molecule has 228 valence electrons. The molecule has 42 heavy (non-hydrogen) atoms. The van der Waals surface area contributed by atoms with E-state index in [0.717, 1.165) is 35.6 Å². The van der Waals surface area contributed by atoms with E-state index in [0.29, 0.717) is 23.3 Å². The molecule has 2 aromatic rings. The number of sulfonamides is 2. The Bertz CT molecular complexity index is 1610. The zero-order chi connectivity index (χ0) is 30.0. The minimum absolute atomic E-state index is 0.116. The van der Waals surface area contributed by atoms with Gasteiger partial charge in [-0.25, -0.2) is 25.6 Å². The molecule has 4 aliphatic rings. The lowest BCUT2D eigenvalue weighted by Gasteiger charge is -2.38. The summed E-state index contributed by atoms with van der Waals surface area (Å²) < 4.78 is 82.2. The molecule has 0 aromatic heterocycles. The van der Waals surface area contributed by atoms with Gasteiger partial charge < -0.3 is 10.0 Å². The van der Waals surface area contributed by atoms with E-state index in [9.17, 15) is 30.4 Å². The van der Waals surface area contributed by atoms with Crippen LogP contribution < -0.4 is 9.62 Å². The number of halogens is 2. The van der Waals surface area contributed by atoms with E-state index < -0.39 is 51.2 Å². The molecule has 3 fully saturated rings. The maximum Gasteiger partial charge on any atom is 0.258 e. The van der Waals surface area contributed by atoms with E-state index >= 15 is 0 Å². The van der Waals surface area contributed by atoms with Crippen LogP contribution >= 0.6 is 0 Å². The molecule has 2 heterocycles. The van der Waals surface area contributed by atoms with Gasteiger partial charge in [-0.2, -0.15) is 4.31 Å². The van der Waals surface area contributed by atoms with Gasteiger partial charge >= 0.3 is 0 Å². The highest BCUT2D eigenvalue weighted by Gasteiger charge is 2.53. The summed E-state index contributed by atoms with van der Waals surface area (Å²) >= 11 is 0. The highest BCUT2D eigenvalue weighted by atomic mass is 32.2. The molecule has 2 aromatic carbocycles. The summed E-state index contributed by atoms with van der Waals surface area (Å²) in [5.41, 5.74) is 2.09. The van der Waals surface area contributed by atoms with Crippen molar-refractivity contribution in [3.05, 3.63) is 53.6 Å². The van der Waals surface area contributed by atoms with Crippen LogP contribution in [-0.2, 0) is 25.5 Å². The van der Waals surface area contributed by atoms with Gasteiger partial charge in [0.2, 0.25) is 20.0 Å². The molecular formula is C29H35F2N3O6S2. The number of nitrogens with zero attached hydrogens (tertiary/aromatic N) is 2. The molecule has 1 amide bonds. The van der Waals surface area contributed by atoms with Crippen LogP contribution in [0.4, 0.5) is 20.2 Å². The molecule has 0 atom stereocenters. The molecule has 6 rings (SSSR count). The number of nitrogens with one attached hydrogen (secondary N) is 1. The predicted molar refractivity (Wildman–Crippen MR) is 154 cm³/mol. The number of carbonyl (C=O) groups excluding carboxylic acids is 1. The zero-order valence-electron chi connectivity index (χ0n) is 23.2. The molecule has 2 aliphatic heterocycles. The number of carbonyl (C=O) groups is 1. The molecule has 0 radical (unpaired) electrons. The Kier molecular flexibility index (Phi) is 7.18. The molecule has 2 aliphatic carbocycles. The number of rotatable bonds is 7. The third kappa shape index (κ3) is 5.44. The van der Waals surface area contributed by atoms with Gasteiger partial charge in [-0.15, -0.1) is 0 Å². The minimum atomic E-state index is -4.07. The fourth-order valence-electron chi connectivity index (χ4n) is 6.78. The van der Waals surface area contributed by atoms with Crippen LogP contribution in [0.1, 0.15) is 67.3 Å². The summed E-state index contributed by atoms with van der Waals surface area (Å²) in [5, 5.41) is 9.12. The third-order valence-corrected chi connectivity index (χ3v) is 12.8. The summed E-state index contributed by atoms with van der Waals surface area (Å²) in [5.74, 6) is -3.70. The number of piperidine rings is 1. The SMILES string of the molecule is O=C(c1cccc(S(=O)(=O)N2CCC(F)(F)CC2)c1)N1CC2(CCC3(CC3)CC2)c2cc(NS(=O)(=O)CCO)ccc21. The Hall–Kier alpha value is -2.61. The maximum atomic E-state index is 14.0. The van der Waals surface area contributed by atoms with Gasteiger partial charge in [0.05, 0.1) is 17.3 Å². The van der Waals surface area contributed by atoms with Gasteiger partial charge in [0.25, 0.3) is 11.8 Å². The van der Waals surface area contributed by atoms with E-state index in [1.165, 1.54) is 31.0 Å². The number of hydrogen-bond donors (Lipinski definition) is 2. The Morgan fingerprint density at radius 1 is 0.905 bits per heavy atom. The van der Waals surface area contributed by atoms with Crippen molar-refractivity contribution in [2.24, 2.45) is 5.41 Å². The van der Waals surface area contributed by atoms with Gasteiger partial charge in [0.1, 0.15) is 0 Å². The van der Waals surface area contributed by atoms with Crippen LogP contribution in [0.3, 0.4) is 0 Å². The predicted octanol–water partition coefficient (Wildman–Crippen LogP) is 4.09. The third-order valence-electron chi connectivity index (χ3n) is 9.60. The van der Waals surface area contributed by atoms with Gasteiger partial charge in [0.15, 0.2) is 0 Å². The second-order valence-electron chi connectivity index (χ2n) is 12.3. The summed E-state index contributed by atoms with van der Waals surface area (Å²) in [6.45, 7) is -0.696. The normalized spacial score (nSPS) is 22.7. The van der Waals surface area contributed by atoms with Crippen molar-refractivity contribution in [3.63, 3.8) is 0 Å². The van der Waals surface area contributed by atoms with Gasteiger partial charge in [-0.05, 0) is 85.9 Å². The monoisotopic (exact) mass is 623 g/mol. The largest absolute Gasteiger partial charge is 0.395 e. The summed E-state index contributed by atoms with van der Waals surface area (Å²) in [4.78, 5) is 15.5. The highest BCUT2D eigenvalue weighted by Crippen LogP contribution is 2.62. The summed E-state index contributed by atoms with van der Waals surface area (Å²) in [6, 6.07) is 10.8. The van der Waals surface area contributed by atoms with Crippen LogP contribution in [0.5, 0.6) is 0 Å². The molecule has 1 saturated heterocycles. The first-order valence-corrected chi connectivity index (χ1v) is 17.4. The van der Waals surface area contributed by atoms with Crippen LogP contribution in [0.15, 0.2) is 47.4 Å². The maximum absolute atomic E-state index is 14.0. The van der Waals surface area contributed by atoms with E-state index in [4.69, 9.17) is 5.11 Å². The summed E-state index contributed by atoms with van der Waals surface area (Å²) in [6.07, 6.45) is 5.07. The smallest absolute Gasteiger partial charge is 0.258 e. The number of benzene rings is 2. The van der Waals surface area contributed by atoms with Crippen LogP contribution in [0.25, 0.3) is 0 Å². The quantitative estimate of drug-likeness (QED) is 0.479. The topological polar surface area (TPSA) is 124 Å². The van der Waals surface area contributed by atoms with Crippen molar-refractivity contribution in [1.82, 2.24) is 4.31 Å². The number of alkyl halides is 2. The first-order chi connectivity index (χ1) is 19.8. The molecule has 0 unspecified atom stereocenters. The van der Waals surface area contributed by atoms with Crippen molar-refractivity contribution < 1.29 is 35.5 Å². The number of fused-ring (bicyclic) bond motifs is 2. The average Bonchev–Trinajstić information content (AvgIpc) is 3.64. The molecule has 2 saturated carbocycles. The number of aliphatic hydroxyl groups is 1. The van der Waals surface area contributed by atoms with Gasteiger partial charge in [0, 0.05) is 54.8 Å². The number of anilines is 2. The van der Waals surface area contributed by atoms with Crippen molar-refractivity contribution in [2.45, 2.75) is 67.6 Å². The fraction of sp³-hybridized carbons (Fsp3) is 0.552. The molecule has 9 nitrogen and oxygen atoms in total. The van der Waals surface area contributed by atoms with Gasteiger partial charge in [-0.1, -0.05) is 6.07 Å². The van der Waals surface area contributed by atoms with Gasteiger partial charge in [-0.3, -0.25) is 9.52 Å². The average molecular weight is 624 g/mol. The van der Waals surface area contributed by atoms with E-state index in [-0.39, 0.29) is 34.9 Å². The standard InChI is InChI=1S/C29H35F2N3O6S2/c30-29(31)12-14-33(15-13-29)42(39,40)23-3-1-2-21(18-23)26(36)34-20-28(10-8-27(6-7-27)9-11-28)24-19-22(4-5-25(24)34)32-41(37,38)17-16-35/h1-5,18-19,32,35H,6-17,20H2. The number of amides is 1. The molecule has 2 N–H and O–H groups in total. The van der Waals surface area contributed by atoms with E-state index in [2.05, 4.69) is 4.72 Å². The van der Waals surface area contributed by atoms with Crippen molar-refractivity contribution in [1.29, 1.82) is 0 Å². The van der Waals surface area contributed by atoms with Crippen LogP contribution in [0, 0.1) is 5.41 Å². The van der Waals surface area contributed by atoms with Crippen LogP contribution in [0.2, 0.25) is 0 Å². The Morgan fingerprint density at radius 3 is 2.21 bits per heavy atom. The Morgan fingerprint density at radius 2 is 1.57 bits per heavy atom. The molecule has 0 bridgehead atoms. The fourth-order valence-corrected chi connectivity index (χ4v) is 9.09. The van der Waals surface area contributed by atoms with Crippen molar-refractivity contribution in [3.8, 4) is 0 Å². The summed E-state index contributed by atoms with van der Waals surface area (Å²) in [7, 11) is -7.81. The van der Waals surface area contributed by atoms with E-state index in [1.54, 1.807) is 29.2 Å².